The smallest absolute Gasteiger partial charge is 0.242 e. The van der Waals surface area contributed by atoms with Crippen molar-refractivity contribution >= 4 is 17.5 Å². The van der Waals surface area contributed by atoms with Crippen molar-refractivity contribution in [2.75, 3.05) is 38.0 Å². The molecule has 2 fully saturated rings. The van der Waals surface area contributed by atoms with Gasteiger partial charge in [-0.3, -0.25) is 14.5 Å². The molecule has 0 bridgehead atoms. The van der Waals surface area contributed by atoms with E-state index in [2.05, 4.69) is 5.32 Å². The molecule has 1 aliphatic carbocycles. The van der Waals surface area contributed by atoms with Crippen LogP contribution in [0.2, 0.25) is 0 Å². The minimum absolute atomic E-state index is 0.0626. The zero-order valence-electron chi connectivity index (χ0n) is 15.0. The molecule has 1 heterocycles. The first-order valence-electron chi connectivity index (χ1n) is 9.32. The third-order valence-electron chi connectivity index (χ3n) is 5.33. The summed E-state index contributed by atoms with van der Waals surface area (Å²) in [6, 6.07) is 5.70. The van der Waals surface area contributed by atoms with Gasteiger partial charge < -0.3 is 16.0 Å². The Morgan fingerprint density at radius 2 is 1.65 bits per heavy atom. The van der Waals surface area contributed by atoms with Gasteiger partial charge in [-0.1, -0.05) is 19.3 Å². The molecule has 1 aromatic rings. The number of anilines is 1. The van der Waals surface area contributed by atoms with Crippen LogP contribution in [0.25, 0.3) is 0 Å². The molecule has 1 saturated carbocycles. The van der Waals surface area contributed by atoms with Crippen LogP contribution < -0.4 is 11.1 Å². The molecule has 7 heteroatoms. The van der Waals surface area contributed by atoms with Crippen molar-refractivity contribution in [2.45, 2.75) is 37.6 Å². The largest absolute Gasteiger partial charge is 0.339 e. The first kappa shape index (κ1) is 18.8. The highest BCUT2D eigenvalue weighted by Gasteiger charge is 2.39. The molecule has 2 aliphatic rings. The quantitative estimate of drug-likeness (QED) is 0.852. The van der Waals surface area contributed by atoms with Crippen molar-refractivity contribution in [1.29, 1.82) is 0 Å². The molecule has 3 rings (SSSR count). The molecule has 2 amide bonds. The summed E-state index contributed by atoms with van der Waals surface area (Å²) < 4.78 is 12.9. The summed E-state index contributed by atoms with van der Waals surface area (Å²) in [5.41, 5.74) is 6.23. The second kappa shape index (κ2) is 8.14. The van der Waals surface area contributed by atoms with Crippen molar-refractivity contribution in [3.05, 3.63) is 30.1 Å². The van der Waals surface area contributed by atoms with E-state index < -0.39 is 5.54 Å². The number of nitrogens with one attached hydrogen (secondary N) is 1. The van der Waals surface area contributed by atoms with Crippen molar-refractivity contribution in [3.8, 4) is 0 Å². The summed E-state index contributed by atoms with van der Waals surface area (Å²) >= 11 is 0. The van der Waals surface area contributed by atoms with Gasteiger partial charge >= 0.3 is 0 Å². The lowest BCUT2D eigenvalue weighted by molar-refractivity contribution is -0.140. The molecule has 26 heavy (non-hydrogen) atoms. The fraction of sp³-hybridized carbons (Fsp3) is 0.579. The molecule has 3 N–H and O–H groups in total. The van der Waals surface area contributed by atoms with Gasteiger partial charge in [-0.05, 0) is 37.1 Å². The second-order valence-corrected chi connectivity index (χ2v) is 7.34. The molecule has 0 spiro atoms. The van der Waals surface area contributed by atoms with Crippen molar-refractivity contribution in [1.82, 2.24) is 9.80 Å². The SMILES string of the molecule is NC1(C(=O)N2CCN(CC(=O)Nc3ccc(F)cc3)CC2)CCCCC1. The maximum Gasteiger partial charge on any atom is 0.242 e. The van der Waals surface area contributed by atoms with Crippen LogP contribution in [0.3, 0.4) is 0 Å². The van der Waals surface area contributed by atoms with Crippen LogP contribution in [-0.4, -0.2) is 59.9 Å². The number of carbonyl (C=O) groups is 2. The molecule has 1 aromatic carbocycles. The molecular weight excluding hydrogens is 335 g/mol. The topological polar surface area (TPSA) is 78.7 Å². The van der Waals surface area contributed by atoms with Gasteiger partial charge in [-0.2, -0.15) is 0 Å². The van der Waals surface area contributed by atoms with Gasteiger partial charge in [0.2, 0.25) is 11.8 Å². The Morgan fingerprint density at radius 1 is 1.04 bits per heavy atom. The van der Waals surface area contributed by atoms with Gasteiger partial charge in [0, 0.05) is 31.9 Å². The van der Waals surface area contributed by atoms with Crippen LogP contribution in [0.1, 0.15) is 32.1 Å². The summed E-state index contributed by atoms with van der Waals surface area (Å²) in [6.45, 7) is 2.76. The molecule has 1 aliphatic heterocycles. The minimum Gasteiger partial charge on any atom is -0.339 e. The van der Waals surface area contributed by atoms with Gasteiger partial charge in [-0.15, -0.1) is 0 Å². The van der Waals surface area contributed by atoms with E-state index in [1.165, 1.54) is 24.3 Å². The summed E-state index contributed by atoms with van der Waals surface area (Å²) in [5.74, 6) is -0.411. The first-order chi connectivity index (χ1) is 12.5. The number of halogens is 1. The highest BCUT2D eigenvalue weighted by Crippen LogP contribution is 2.28. The fourth-order valence-corrected chi connectivity index (χ4v) is 3.76. The molecule has 0 atom stereocenters. The van der Waals surface area contributed by atoms with Gasteiger partial charge in [0.25, 0.3) is 0 Å². The number of hydrogen-bond donors (Lipinski definition) is 2. The van der Waals surface area contributed by atoms with Gasteiger partial charge in [0.15, 0.2) is 0 Å². The summed E-state index contributed by atoms with van der Waals surface area (Å²) in [6.07, 6.45) is 4.74. The van der Waals surface area contributed by atoms with Gasteiger partial charge in [0.1, 0.15) is 5.82 Å². The van der Waals surface area contributed by atoms with Crippen LogP contribution in [0.5, 0.6) is 0 Å². The molecule has 142 valence electrons. The standard InChI is InChI=1S/C19H27FN4O2/c20-15-4-6-16(7-5-15)22-17(25)14-23-10-12-24(13-11-23)18(26)19(21)8-2-1-3-9-19/h4-7H,1-3,8-14,21H2,(H,22,25). The number of carbonyl (C=O) groups excluding carboxylic acids is 2. The van der Waals surface area contributed by atoms with Crippen molar-refractivity contribution in [3.63, 3.8) is 0 Å². The van der Waals surface area contributed by atoms with Crippen molar-refractivity contribution < 1.29 is 14.0 Å². The first-order valence-corrected chi connectivity index (χ1v) is 9.32. The summed E-state index contributed by atoms with van der Waals surface area (Å²) in [4.78, 5) is 28.7. The maximum absolute atomic E-state index is 12.9. The van der Waals surface area contributed by atoms with Crippen LogP contribution in [0.15, 0.2) is 24.3 Å². The summed E-state index contributed by atoms with van der Waals surface area (Å²) in [5, 5.41) is 2.76. The average Bonchev–Trinajstić information content (AvgIpc) is 2.64. The second-order valence-electron chi connectivity index (χ2n) is 7.34. The lowest BCUT2D eigenvalue weighted by Crippen LogP contribution is -2.60. The predicted octanol–water partition coefficient (Wildman–Crippen LogP) is 1.57. The lowest BCUT2D eigenvalue weighted by atomic mass is 9.81. The third-order valence-corrected chi connectivity index (χ3v) is 5.33. The van der Waals surface area contributed by atoms with E-state index in [1.807, 2.05) is 9.80 Å². The molecule has 1 saturated heterocycles. The van der Waals surface area contributed by atoms with E-state index in [4.69, 9.17) is 5.73 Å². The Balaban J connectivity index is 1.45. The highest BCUT2D eigenvalue weighted by atomic mass is 19.1. The minimum atomic E-state index is -0.694. The Bertz CT molecular complexity index is 635. The molecule has 0 unspecified atom stereocenters. The molecule has 0 radical (unpaired) electrons. The third kappa shape index (κ3) is 4.59. The van der Waals surface area contributed by atoms with E-state index in [0.29, 0.717) is 31.9 Å². The number of piperazine rings is 1. The fourth-order valence-electron chi connectivity index (χ4n) is 3.76. The number of hydrogen-bond acceptors (Lipinski definition) is 4. The number of benzene rings is 1. The molecule has 6 nitrogen and oxygen atoms in total. The highest BCUT2D eigenvalue weighted by molar-refractivity contribution is 5.92. The Labute approximate surface area is 153 Å². The number of nitrogens with two attached hydrogens (primary N) is 1. The Morgan fingerprint density at radius 3 is 2.27 bits per heavy atom. The van der Waals surface area contributed by atoms with Crippen LogP contribution >= 0.6 is 0 Å². The van der Waals surface area contributed by atoms with Crippen molar-refractivity contribution in [2.24, 2.45) is 5.73 Å². The van der Waals surface area contributed by atoms with Crippen LogP contribution in [-0.2, 0) is 9.59 Å². The van der Waals surface area contributed by atoms with E-state index >= 15 is 0 Å². The molecule has 0 aromatic heterocycles. The van der Waals surface area contributed by atoms with Crippen LogP contribution in [0.4, 0.5) is 10.1 Å². The average molecular weight is 362 g/mol. The molecular formula is C19H27FN4O2. The van der Waals surface area contributed by atoms with Gasteiger partial charge in [0.05, 0.1) is 12.1 Å². The normalized spacial score (nSPS) is 20.6. The zero-order valence-corrected chi connectivity index (χ0v) is 15.0. The zero-order chi connectivity index (χ0) is 18.6. The van der Waals surface area contributed by atoms with Gasteiger partial charge in [-0.25, -0.2) is 4.39 Å². The van der Waals surface area contributed by atoms with Crippen LogP contribution in [0, 0.1) is 5.82 Å². The van der Waals surface area contributed by atoms with E-state index in [-0.39, 0.29) is 24.2 Å². The monoisotopic (exact) mass is 362 g/mol. The predicted molar refractivity (Wildman–Crippen MR) is 98.1 cm³/mol. The number of amides is 2. The summed E-state index contributed by atoms with van der Waals surface area (Å²) in [7, 11) is 0. The van der Waals surface area contributed by atoms with E-state index in [9.17, 15) is 14.0 Å². The lowest BCUT2D eigenvalue weighted by Gasteiger charge is -2.40. The van der Waals surface area contributed by atoms with E-state index in [1.54, 1.807) is 0 Å². The Kier molecular flexibility index (Phi) is 5.88. The number of nitrogens with zero attached hydrogens (tertiary/aromatic N) is 2. The maximum atomic E-state index is 12.9. The Hall–Kier alpha value is -1.99. The van der Waals surface area contributed by atoms with E-state index in [0.717, 1.165) is 32.1 Å². The number of rotatable bonds is 4.